The molecule has 1 heterocycles. The van der Waals surface area contributed by atoms with Crippen molar-refractivity contribution in [2.45, 2.75) is 12.8 Å². The monoisotopic (exact) mass is 271 g/mol. The lowest BCUT2D eigenvalue weighted by Gasteiger charge is -2.29. The second-order valence-electron chi connectivity index (χ2n) is 4.98. The highest BCUT2D eigenvalue weighted by molar-refractivity contribution is 5.93. The van der Waals surface area contributed by atoms with E-state index in [0.717, 1.165) is 25.7 Å². The maximum atomic E-state index is 12.0. The second-order valence-corrected chi connectivity index (χ2v) is 4.98. The van der Waals surface area contributed by atoms with Crippen LogP contribution in [0.5, 0.6) is 0 Å². The van der Waals surface area contributed by atoms with E-state index in [1.165, 1.54) is 0 Å². The van der Waals surface area contributed by atoms with E-state index in [1.54, 1.807) is 24.3 Å². The highest BCUT2D eigenvalue weighted by Gasteiger charge is 2.21. The van der Waals surface area contributed by atoms with Gasteiger partial charge in [-0.25, -0.2) is 0 Å². The van der Waals surface area contributed by atoms with Gasteiger partial charge in [-0.2, -0.15) is 5.26 Å². The van der Waals surface area contributed by atoms with Crippen LogP contribution in [0.3, 0.4) is 0 Å². The summed E-state index contributed by atoms with van der Waals surface area (Å²) in [6.07, 6.45) is 2.80. The van der Waals surface area contributed by atoms with Crippen LogP contribution >= 0.6 is 0 Å². The van der Waals surface area contributed by atoms with Crippen molar-refractivity contribution in [1.29, 1.82) is 5.26 Å². The number of nitrogens with zero attached hydrogens (tertiary/aromatic N) is 2. The number of nitrogens with one attached hydrogen (secondary N) is 1. The minimum Gasteiger partial charge on any atom is -0.324 e. The largest absolute Gasteiger partial charge is 0.324 e. The van der Waals surface area contributed by atoms with Crippen LogP contribution in [0.2, 0.25) is 0 Å². The third kappa shape index (κ3) is 3.65. The lowest BCUT2D eigenvalue weighted by Crippen LogP contribution is -2.40. The van der Waals surface area contributed by atoms with Crippen molar-refractivity contribution in [3.8, 4) is 6.07 Å². The third-order valence-electron chi connectivity index (χ3n) is 3.42. The van der Waals surface area contributed by atoms with Crippen molar-refractivity contribution in [2.75, 3.05) is 25.0 Å². The van der Waals surface area contributed by atoms with Gasteiger partial charge in [0.05, 0.1) is 17.8 Å². The summed E-state index contributed by atoms with van der Waals surface area (Å²) in [6.45, 7) is 1.72. The van der Waals surface area contributed by atoms with Gasteiger partial charge in [0.15, 0.2) is 0 Å². The molecule has 2 rings (SSSR count). The Labute approximate surface area is 118 Å². The number of nitriles is 1. The van der Waals surface area contributed by atoms with Crippen LogP contribution in [-0.4, -0.2) is 36.7 Å². The maximum absolute atomic E-state index is 12.0. The zero-order valence-electron chi connectivity index (χ0n) is 11.2. The third-order valence-corrected chi connectivity index (χ3v) is 3.42. The first-order valence-corrected chi connectivity index (χ1v) is 6.69. The molecule has 0 radical (unpaired) electrons. The summed E-state index contributed by atoms with van der Waals surface area (Å²) in [7, 11) is 0. The van der Waals surface area contributed by atoms with E-state index in [-0.39, 0.29) is 18.4 Å². The van der Waals surface area contributed by atoms with Gasteiger partial charge in [0.25, 0.3) is 0 Å². The molecule has 1 atom stereocenters. The highest BCUT2D eigenvalue weighted by Crippen LogP contribution is 2.16. The Morgan fingerprint density at radius 1 is 1.50 bits per heavy atom. The molecule has 1 aromatic carbocycles. The standard InChI is InChI=1S/C15H17N3O2/c16-8-13-5-1-2-6-14(13)17-15(20)10-18-7-3-4-12(9-18)11-19/h1-2,5-6,11-12H,3-4,7,9-10H2,(H,17,20). The van der Waals surface area contributed by atoms with Gasteiger partial charge in [0.1, 0.15) is 12.4 Å². The predicted octanol–water partition coefficient (Wildman–Crippen LogP) is 1.41. The van der Waals surface area contributed by atoms with E-state index in [1.807, 2.05) is 11.0 Å². The summed E-state index contributed by atoms with van der Waals surface area (Å²) in [5, 5.41) is 11.7. The van der Waals surface area contributed by atoms with Crippen LogP contribution in [0.1, 0.15) is 18.4 Å². The lowest BCUT2D eigenvalue weighted by molar-refractivity contribution is -0.119. The molecule has 1 aliphatic rings. The van der Waals surface area contributed by atoms with E-state index in [4.69, 9.17) is 5.26 Å². The normalized spacial score (nSPS) is 19.1. The van der Waals surface area contributed by atoms with Crippen LogP contribution in [0.4, 0.5) is 5.69 Å². The topological polar surface area (TPSA) is 73.2 Å². The second kappa shape index (κ2) is 6.83. The maximum Gasteiger partial charge on any atom is 0.238 e. The molecule has 1 saturated heterocycles. The summed E-state index contributed by atoms with van der Waals surface area (Å²) in [6, 6.07) is 8.96. The van der Waals surface area contributed by atoms with Crippen molar-refractivity contribution in [3.63, 3.8) is 0 Å². The van der Waals surface area contributed by atoms with Crippen LogP contribution < -0.4 is 5.32 Å². The molecule has 0 saturated carbocycles. The minimum atomic E-state index is -0.153. The molecule has 104 valence electrons. The van der Waals surface area contributed by atoms with Gasteiger partial charge in [-0.15, -0.1) is 0 Å². The van der Waals surface area contributed by atoms with Crippen molar-refractivity contribution >= 4 is 17.9 Å². The number of hydrogen-bond acceptors (Lipinski definition) is 4. The minimum absolute atomic E-state index is 0.0305. The number of carbonyl (C=O) groups excluding carboxylic acids is 2. The van der Waals surface area contributed by atoms with Gasteiger partial charge >= 0.3 is 0 Å². The van der Waals surface area contributed by atoms with Crippen molar-refractivity contribution in [3.05, 3.63) is 29.8 Å². The first kappa shape index (κ1) is 14.2. The molecule has 1 unspecified atom stereocenters. The predicted molar refractivity (Wildman–Crippen MR) is 75.0 cm³/mol. The summed E-state index contributed by atoms with van der Waals surface area (Å²) in [5.74, 6) is -0.123. The number of rotatable bonds is 4. The number of piperidine rings is 1. The average molecular weight is 271 g/mol. The summed E-state index contributed by atoms with van der Waals surface area (Å²) >= 11 is 0. The molecule has 0 bridgehead atoms. The molecule has 1 N–H and O–H groups in total. The molecule has 0 spiro atoms. The zero-order chi connectivity index (χ0) is 14.4. The van der Waals surface area contributed by atoms with Crippen molar-refractivity contribution in [2.24, 2.45) is 5.92 Å². The number of amides is 1. The van der Waals surface area contributed by atoms with E-state index < -0.39 is 0 Å². The Hall–Kier alpha value is -2.19. The average Bonchev–Trinajstić information content (AvgIpc) is 2.48. The fourth-order valence-electron chi connectivity index (χ4n) is 2.43. The molecular weight excluding hydrogens is 254 g/mol. The van der Waals surface area contributed by atoms with E-state index in [2.05, 4.69) is 5.32 Å². The molecule has 20 heavy (non-hydrogen) atoms. The van der Waals surface area contributed by atoms with Crippen LogP contribution in [0.25, 0.3) is 0 Å². The zero-order valence-corrected chi connectivity index (χ0v) is 11.2. The van der Waals surface area contributed by atoms with Crippen LogP contribution in [0, 0.1) is 17.2 Å². The molecule has 1 aromatic rings. The number of likely N-dealkylation sites (tertiary alicyclic amines) is 1. The number of carbonyl (C=O) groups is 2. The van der Waals surface area contributed by atoms with Crippen LogP contribution in [-0.2, 0) is 9.59 Å². The van der Waals surface area contributed by atoms with Crippen molar-refractivity contribution in [1.82, 2.24) is 4.90 Å². The number of hydrogen-bond donors (Lipinski definition) is 1. The number of aldehydes is 1. The smallest absolute Gasteiger partial charge is 0.238 e. The van der Waals surface area contributed by atoms with Crippen LogP contribution in [0.15, 0.2) is 24.3 Å². The molecule has 5 nitrogen and oxygen atoms in total. The van der Waals surface area contributed by atoms with Gasteiger partial charge in [-0.05, 0) is 31.5 Å². The molecule has 1 fully saturated rings. The van der Waals surface area contributed by atoms with E-state index >= 15 is 0 Å². The Morgan fingerprint density at radius 3 is 3.05 bits per heavy atom. The fourth-order valence-corrected chi connectivity index (χ4v) is 2.43. The number of para-hydroxylation sites is 1. The molecule has 0 aromatic heterocycles. The van der Waals surface area contributed by atoms with E-state index in [0.29, 0.717) is 17.8 Å². The Morgan fingerprint density at radius 2 is 2.30 bits per heavy atom. The Bertz CT molecular complexity index is 536. The molecular formula is C15H17N3O2. The number of benzene rings is 1. The SMILES string of the molecule is N#Cc1ccccc1NC(=O)CN1CCCC(C=O)C1. The first-order chi connectivity index (χ1) is 9.72. The van der Waals surface area contributed by atoms with Gasteiger partial charge in [0, 0.05) is 12.5 Å². The summed E-state index contributed by atoms with van der Waals surface area (Å²) < 4.78 is 0. The highest BCUT2D eigenvalue weighted by atomic mass is 16.2. The van der Waals surface area contributed by atoms with Crippen molar-refractivity contribution < 1.29 is 9.59 Å². The fraction of sp³-hybridized carbons (Fsp3) is 0.400. The molecule has 1 aliphatic heterocycles. The van der Waals surface area contributed by atoms with Gasteiger partial charge < -0.3 is 10.1 Å². The molecule has 0 aliphatic carbocycles. The first-order valence-electron chi connectivity index (χ1n) is 6.69. The lowest BCUT2D eigenvalue weighted by atomic mass is 10.00. The van der Waals surface area contributed by atoms with Gasteiger partial charge in [-0.1, -0.05) is 12.1 Å². The van der Waals surface area contributed by atoms with Gasteiger partial charge in [0.2, 0.25) is 5.91 Å². The van der Waals surface area contributed by atoms with Gasteiger partial charge in [-0.3, -0.25) is 9.69 Å². The quantitative estimate of drug-likeness (QED) is 0.840. The summed E-state index contributed by atoms with van der Waals surface area (Å²) in [5.41, 5.74) is 0.981. The van der Waals surface area contributed by atoms with E-state index in [9.17, 15) is 9.59 Å². The molecule has 1 amide bonds. The Kier molecular flexibility index (Phi) is 4.85. The molecule has 5 heteroatoms. The summed E-state index contributed by atoms with van der Waals surface area (Å²) in [4.78, 5) is 24.8. The number of anilines is 1. The Balaban J connectivity index is 1.92.